The molecule has 2 atom stereocenters. The summed E-state index contributed by atoms with van der Waals surface area (Å²) in [5, 5.41) is 3.00. The first-order valence-electron chi connectivity index (χ1n) is 10.2. The van der Waals surface area contributed by atoms with E-state index >= 15 is 0 Å². The average molecular weight is 402 g/mol. The fourth-order valence-electron chi connectivity index (χ4n) is 3.16. The molecule has 154 valence electrons. The number of rotatable bonds is 9. The lowest BCUT2D eigenvalue weighted by molar-refractivity contribution is -0.127. The smallest absolute Gasteiger partial charge is 0.260 e. The molecule has 0 saturated carbocycles. The summed E-state index contributed by atoms with van der Waals surface area (Å²) < 4.78 is 5.76. The van der Waals surface area contributed by atoms with Crippen LogP contribution in [0.1, 0.15) is 41.8 Å². The lowest BCUT2D eigenvalue weighted by Gasteiger charge is -2.19. The molecule has 0 unspecified atom stereocenters. The highest BCUT2D eigenvalue weighted by atomic mass is 16.5. The highest BCUT2D eigenvalue weighted by molar-refractivity contribution is 6.08. The number of aryl methyl sites for hydroxylation is 1. The maximum absolute atomic E-state index is 12.5. The molecule has 0 radical (unpaired) electrons. The summed E-state index contributed by atoms with van der Waals surface area (Å²) in [5.41, 5.74) is 2.48. The normalized spacial score (nSPS) is 12.6. The fourth-order valence-corrected chi connectivity index (χ4v) is 3.16. The molecule has 0 aliphatic rings. The van der Waals surface area contributed by atoms with Crippen LogP contribution < -0.4 is 10.1 Å². The van der Waals surface area contributed by atoms with Crippen molar-refractivity contribution >= 4 is 11.7 Å². The Hall–Kier alpha value is -3.40. The largest absolute Gasteiger partial charge is 0.481 e. The molecule has 0 aliphatic heterocycles. The zero-order valence-electron chi connectivity index (χ0n) is 17.4. The third-order valence-electron chi connectivity index (χ3n) is 4.93. The van der Waals surface area contributed by atoms with Crippen LogP contribution in [0.4, 0.5) is 0 Å². The minimum absolute atomic E-state index is 0.0415. The Kier molecular flexibility index (Phi) is 7.39. The number of amides is 1. The zero-order valence-corrected chi connectivity index (χ0v) is 17.4. The van der Waals surface area contributed by atoms with Gasteiger partial charge in [0.15, 0.2) is 11.9 Å². The summed E-state index contributed by atoms with van der Waals surface area (Å²) in [5.74, 6) is 0.361. The first kappa shape index (κ1) is 21.3. The first-order chi connectivity index (χ1) is 14.5. The quantitative estimate of drug-likeness (QED) is 0.523. The lowest BCUT2D eigenvalue weighted by Crippen LogP contribution is -2.41. The molecule has 0 heterocycles. The van der Waals surface area contributed by atoms with Gasteiger partial charge in [0, 0.05) is 17.2 Å². The van der Waals surface area contributed by atoms with Gasteiger partial charge in [-0.05, 0) is 56.5 Å². The number of ether oxygens (including phenoxy) is 1. The molecule has 30 heavy (non-hydrogen) atoms. The Balaban J connectivity index is 1.49. The Morgan fingerprint density at radius 2 is 1.37 bits per heavy atom. The van der Waals surface area contributed by atoms with Gasteiger partial charge in [-0.25, -0.2) is 0 Å². The lowest BCUT2D eigenvalue weighted by atomic mass is 10.0. The van der Waals surface area contributed by atoms with E-state index < -0.39 is 6.10 Å². The van der Waals surface area contributed by atoms with E-state index in [2.05, 4.69) is 17.4 Å². The number of hydrogen-bond acceptors (Lipinski definition) is 3. The Morgan fingerprint density at radius 3 is 2.00 bits per heavy atom. The van der Waals surface area contributed by atoms with E-state index in [1.54, 1.807) is 43.3 Å². The Labute approximate surface area is 177 Å². The molecule has 0 aliphatic carbocycles. The maximum atomic E-state index is 12.5. The van der Waals surface area contributed by atoms with E-state index in [9.17, 15) is 9.59 Å². The van der Waals surface area contributed by atoms with Crippen LogP contribution in [-0.4, -0.2) is 23.8 Å². The summed E-state index contributed by atoms with van der Waals surface area (Å²) in [6.07, 6.45) is 1.15. The number of nitrogens with one attached hydrogen (secondary N) is 1. The number of benzene rings is 3. The summed E-state index contributed by atoms with van der Waals surface area (Å²) in [6.45, 7) is 3.72. The fraction of sp³-hybridized carbons (Fsp3) is 0.231. The van der Waals surface area contributed by atoms with E-state index in [-0.39, 0.29) is 17.7 Å². The molecule has 3 aromatic rings. The molecule has 0 spiro atoms. The van der Waals surface area contributed by atoms with Crippen LogP contribution in [0.25, 0.3) is 0 Å². The van der Waals surface area contributed by atoms with Crippen molar-refractivity contribution in [1.82, 2.24) is 5.32 Å². The van der Waals surface area contributed by atoms with Gasteiger partial charge in [0.25, 0.3) is 5.91 Å². The second-order valence-electron chi connectivity index (χ2n) is 7.41. The van der Waals surface area contributed by atoms with E-state index in [0.717, 1.165) is 12.8 Å². The molecule has 1 N–H and O–H groups in total. The van der Waals surface area contributed by atoms with Crippen molar-refractivity contribution in [2.24, 2.45) is 0 Å². The van der Waals surface area contributed by atoms with Crippen LogP contribution in [0.3, 0.4) is 0 Å². The third-order valence-corrected chi connectivity index (χ3v) is 4.93. The Morgan fingerprint density at radius 1 is 0.800 bits per heavy atom. The number of hydrogen-bond donors (Lipinski definition) is 1. The monoisotopic (exact) mass is 401 g/mol. The molecule has 4 heteroatoms. The van der Waals surface area contributed by atoms with Gasteiger partial charge in [-0.15, -0.1) is 0 Å². The van der Waals surface area contributed by atoms with Crippen molar-refractivity contribution in [3.63, 3.8) is 0 Å². The molecule has 0 bridgehead atoms. The van der Waals surface area contributed by atoms with Crippen LogP contribution in [0.15, 0.2) is 84.9 Å². The molecule has 3 aromatic carbocycles. The minimum atomic E-state index is -0.625. The van der Waals surface area contributed by atoms with Crippen LogP contribution in [0, 0.1) is 0 Å². The highest BCUT2D eigenvalue weighted by Gasteiger charge is 2.17. The second kappa shape index (κ2) is 10.4. The predicted octanol–water partition coefficient (Wildman–Crippen LogP) is 4.82. The van der Waals surface area contributed by atoms with E-state index in [1.807, 2.05) is 43.3 Å². The molecule has 0 fully saturated rings. The molecular weight excluding hydrogens is 374 g/mol. The van der Waals surface area contributed by atoms with Gasteiger partial charge in [0.2, 0.25) is 0 Å². The van der Waals surface area contributed by atoms with Crippen molar-refractivity contribution in [2.45, 2.75) is 38.8 Å². The summed E-state index contributed by atoms with van der Waals surface area (Å²) in [6, 6.07) is 26.3. The predicted molar refractivity (Wildman–Crippen MR) is 119 cm³/mol. The van der Waals surface area contributed by atoms with Crippen LogP contribution in [-0.2, 0) is 11.2 Å². The molecule has 0 aromatic heterocycles. The topological polar surface area (TPSA) is 55.4 Å². The number of ketones is 1. The van der Waals surface area contributed by atoms with Crippen molar-refractivity contribution in [2.75, 3.05) is 0 Å². The van der Waals surface area contributed by atoms with Crippen LogP contribution in [0.5, 0.6) is 5.75 Å². The van der Waals surface area contributed by atoms with Gasteiger partial charge in [0.1, 0.15) is 5.75 Å². The second-order valence-corrected chi connectivity index (χ2v) is 7.41. The third kappa shape index (κ3) is 6.05. The highest BCUT2D eigenvalue weighted by Crippen LogP contribution is 2.17. The van der Waals surface area contributed by atoms with Gasteiger partial charge in [-0.3, -0.25) is 9.59 Å². The SMILES string of the molecule is C[C@H](Oc1ccc(C(=O)c2ccccc2)cc1)C(=O)N[C@@H](C)CCc1ccccc1. The molecule has 1 amide bonds. The zero-order chi connectivity index (χ0) is 21.3. The van der Waals surface area contributed by atoms with Crippen molar-refractivity contribution in [3.05, 3.63) is 102 Å². The summed E-state index contributed by atoms with van der Waals surface area (Å²) >= 11 is 0. The van der Waals surface area contributed by atoms with E-state index in [1.165, 1.54) is 5.56 Å². The average Bonchev–Trinajstić information content (AvgIpc) is 2.79. The minimum Gasteiger partial charge on any atom is -0.481 e. The first-order valence-corrected chi connectivity index (χ1v) is 10.2. The van der Waals surface area contributed by atoms with Crippen molar-refractivity contribution < 1.29 is 14.3 Å². The van der Waals surface area contributed by atoms with E-state index in [0.29, 0.717) is 16.9 Å². The molecular formula is C26H27NO3. The van der Waals surface area contributed by atoms with Crippen molar-refractivity contribution in [3.8, 4) is 5.75 Å². The van der Waals surface area contributed by atoms with Gasteiger partial charge in [-0.1, -0.05) is 60.7 Å². The van der Waals surface area contributed by atoms with Crippen LogP contribution >= 0.6 is 0 Å². The van der Waals surface area contributed by atoms with Crippen LogP contribution in [0.2, 0.25) is 0 Å². The standard InChI is InChI=1S/C26H27NO3/c1-19(13-14-21-9-5-3-6-10-21)27-26(29)20(2)30-24-17-15-23(16-18-24)25(28)22-11-7-4-8-12-22/h3-12,15-20H,13-14H2,1-2H3,(H,27,29)/t19-,20-/m0/s1. The molecule has 3 rings (SSSR count). The van der Waals surface area contributed by atoms with Gasteiger partial charge in [-0.2, -0.15) is 0 Å². The maximum Gasteiger partial charge on any atom is 0.260 e. The van der Waals surface area contributed by atoms with Crippen molar-refractivity contribution in [1.29, 1.82) is 0 Å². The Bertz CT molecular complexity index is 953. The number of carbonyl (C=O) groups is 2. The van der Waals surface area contributed by atoms with Gasteiger partial charge < -0.3 is 10.1 Å². The van der Waals surface area contributed by atoms with Gasteiger partial charge >= 0.3 is 0 Å². The number of carbonyl (C=O) groups excluding carboxylic acids is 2. The van der Waals surface area contributed by atoms with Gasteiger partial charge in [0.05, 0.1) is 0 Å². The molecule has 0 saturated heterocycles. The molecule has 4 nitrogen and oxygen atoms in total. The van der Waals surface area contributed by atoms with E-state index in [4.69, 9.17) is 4.74 Å². The summed E-state index contributed by atoms with van der Waals surface area (Å²) in [7, 11) is 0. The summed E-state index contributed by atoms with van der Waals surface area (Å²) in [4.78, 5) is 24.9.